The number of pyridine rings is 1. The summed E-state index contributed by atoms with van der Waals surface area (Å²) in [5.74, 6) is 1.61. The van der Waals surface area contributed by atoms with Crippen LogP contribution in [0.2, 0.25) is 5.02 Å². The monoisotopic (exact) mass is 838 g/mol. The van der Waals surface area contributed by atoms with Crippen LogP contribution in [0.5, 0.6) is 5.88 Å². The lowest BCUT2D eigenvalue weighted by Crippen LogP contribution is -2.60. The molecular weight excluding hydrogens is 772 g/mol. The maximum atomic E-state index is 13.0. The molecule has 2 N–H and O–H groups in total. The van der Waals surface area contributed by atoms with Crippen molar-refractivity contribution in [3.63, 3.8) is 0 Å². The highest BCUT2D eigenvalue weighted by molar-refractivity contribution is 6.36. The number of anilines is 1. The van der Waals surface area contributed by atoms with Crippen LogP contribution in [0, 0.1) is 12.8 Å². The predicted molar refractivity (Wildman–Crippen MR) is 247 cm³/mol. The second-order valence-electron chi connectivity index (χ2n) is 16.7. The normalized spacial score (nSPS) is 19.8. The van der Waals surface area contributed by atoms with Crippen molar-refractivity contribution >= 4 is 35.4 Å². The fourth-order valence-electron chi connectivity index (χ4n) is 7.91. The summed E-state index contributed by atoms with van der Waals surface area (Å²) in [4.78, 5) is 31.9. The SMILES string of the molecule is C1CCC1.C=C1C(C(=O)Nc2cccc(-c3cccc(-c4cc5c(c(OC)n4)C(C)CC5)c3Cl)c2C)=CC=NN1C.CCC(C)CCC1(CC)CCN(CCOC)C(=O)N1. The highest BCUT2D eigenvalue weighted by atomic mass is 35.5. The van der Waals surface area contributed by atoms with E-state index in [4.69, 9.17) is 26.1 Å². The minimum atomic E-state index is -0.244. The van der Waals surface area contributed by atoms with E-state index in [0.29, 0.717) is 46.9 Å². The molecule has 0 spiro atoms. The number of aromatic nitrogens is 1. The quantitative estimate of drug-likeness (QED) is 0.177. The molecule has 3 aromatic rings. The van der Waals surface area contributed by atoms with Crippen LogP contribution < -0.4 is 15.4 Å². The Hall–Kier alpha value is -4.67. The van der Waals surface area contributed by atoms with Gasteiger partial charge in [0, 0.05) is 61.4 Å². The molecule has 2 fully saturated rings. The third kappa shape index (κ3) is 11.2. The van der Waals surface area contributed by atoms with Gasteiger partial charge >= 0.3 is 6.03 Å². The minimum absolute atomic E-state index is 0.0179. The number of aryl methyl sites for hydroxylation is 1. The zero-order chi connectivity index (χ0) is 43.4. The van der Waals surface area contributed by atoms with Gasteiger partial charge in [0.1, 0.15) is 0 Å². The molecule has 0 bridgehead atoms. The molecule has 3 unspecified atom stereocenters. The fraction of sp³-hybridized carbons (Fsp3) is 0.510. The first-order valence-corrected chi connectivity index (χ1v) is 22.3. The molecule has 1 saturated carbocycles. The lowest BCUT2D eigenvalue weighted by atomic mass is 9.82. The summed E-state index contributed by atoms with van der Waals surface area (Å²) >= 11 is 7.03. The largest absolute Gasteiger partial charge is 0.481 e. The van der Waals surface area contributed by atoms with Crippen LogP contribution in [0.15, 0.2) is 71.5 Å². The van der Waals surface area contributed by atoms with Crippen LogP contribution in [0.4, 0.5) is 10.5 Å². The second kappa shape index (κ2) is 21.7. The molecular formula is C49H67ClN6O4. The van der Waals surface area contributed by atoms with E-state index in [1.54, 1.807) is 38.6 Å². The molecule has 324 valence electrons. The van der Waals surface area contributed by atoms with E-state index < -0.39 is 0 Å². The van der Waals surface area contributed by atoms with Gasteiger partial charge in [-0.3, -0.25) is 9.80 Å². The van der Waals surface area contributed by atoms with Crippen molar-refractivity contribution in [1.29, 1.82) is 0 Å². The Morgan fingerprint density at radius 3 is 2.45 bits per heavy atom. The number of hydrogen-bond donors (Lipinski definition) is 2. The van der Waals surface area contributed by atoms with E-state index in [9.17, 15) is 9.59 Å². The number of likely N-dealkylation sites (N-methyl/N-ethyl adjacent to an activating group) is 1. The molecule has 2 aromatic carbocycles. The van der Waals surface area contributed by atoms with Crippen molar-refractivity contribution in [3.05, 3.63) is 88.1 Å². The smallest absolute Gasteiger partial charge is 0.317 e. The lowest BCUT2D eigenvalue weighted by Gasteiger charge is -2.42. The Morgan fingerprint density at radius 1 is 1.10 bits per heavy atom. The molecule has 4 aliphatic rings. The summed E-state index contributed by atoms with van der Waals surface area (Å²) in [6.45, 7) is 17.0. The summed E-state index contributed by atoms with van der Waals surface area (Å²) in [7, 11) is 5.10. The van der Waals surface area contributed by atoms with E-state index in [1.165, 1.54) is 49.7 Å². The van der Waals surface area contributed by atoms with Gasteiger partial charge in [-0.25, -0.2) is 9.78 Å². The topological polar surface area (TPSA) is 108 Å². The van der Waals surface area contributed by atoms with Crippen LogP contribution in [0.3, 0.4) is 0 Å². The van der Waals surface area contributed by atoms with Crippen molar-refractivity contribution < 1.29 is 19.1 Å². The van der Waals surface area contributed by atoms with Gasteiger partial charge in [-0.1, -0.05) is 108 Å². The van der Waals surface area contributed by atoms with Gasteiger partial charge in [0.05, 0.1) is 35.7 Å². The second-order valence-corrected chi connectivity index (χ2v) is 17.1. The number of ether oxygens (including phenoxy) is 2. The molecule has 60 heavy (non-hydrogen) atoms. The highest BCUT2D eigenvalue weighted by Gasteiger charge is 2.36. The summed E-state index contributed by atoms with van der Waals surface area (Å²) in [6, 6.07) is 14.0. The molecule has 2 aliphatic carbocycles. The summed E-state index contributed by atoms with van der Waals surface area (Å²) in [5.41, 5.74) is 8.55. The molecule has 0 radical (unpaired) electrons. The van der Waals surface area contributed by atoms with E-state index in [1.807, 2.05) is 48.2 Å². The number of amides is 3. The van der Waals surface area contributed by atoms with Gasteiger partial charge in [0.25, 0.3) is 5.91 Å². The first-order valence-electron chi connectivity index (χ1n) is 21.9. The predicted octanol–water partition coefficient (Wildman–Crippen LogP) is 11.3. The minimum Gasteiger partial charge on any atom is -0.481 e. The van der Waals surface area contributed by atoms with Crippen molar-refractivity contribution in [2.24, 2.45) is 11.0 Å². The lowest BCUT2D eigenvalue weighted by molar-refractivity contribution is -0.112. The van der Waals surface area contributed by atoms with E-state index in [-0.39, 0.29) is 17.5 Å². The maximum Gasteiger partial charge on any atom is 0.317 e. The van der Waals surface area contributed by atoms with Gasteiger partial charge in [0.15, 0.2) is 0 Å². The number of fused-ring (bicyclic) bond motifs is 1. The number of urea groups is 1. The number of rotatable bonds is 13. The third-order valence-corrected chi connectivity index (χ3v) is 13.2. The number of nitrogens with zero attached hydrogens (tertiary/aromatic N) is 4. The Balaban J connectivity index is 0.000000247. The zero-order valence-corrected chi connectivity index (χ0v) is 38.0. The molecule has 3 atom stereocenters. The van der Waals surface area contributed by atoms with Crippen molar-refractivity contribution in [2.75, 3.05) is 46.3 Å². The average Bonchev–Trinajstić information content (AvgIpc) is 3.61. The van der Waals surface area contributed by atoms with Gasteiger partial charge in [-0.15, -0.1) is 0 Å². The van der Waals surface area contributed by atoms with Crippen LogP contribution in [0.1, 0.15) is 115 Å². The number of hydrogen-bond acceptors (Lipinski definition) is 7. The molecule has 10 nitrogen and oxygen atoms in total. The molecule has 1 aromatic heterocycles. The molecule has 3 amide bonds. The standard InChI is InChI=1S/C30H29ClN4O2.C15H30N2O2.C4H8/c1-17-12-13-20-16-26(34-30(37-5)27(17)20)24-10-6-9-23(28(24)31)21-8-7-11-25(18(21)2)33-29(36)22-14-15-32-35(4)19(22)3;1-5-13(3)7-8-15(6-2)9-10-17(11-12-19-4)14(18)16-15;1-2-4-3-1/h6-11,14-17H,3,12-13H2,1-2,4-5H3,(H,33,36);13H,5-12H2,1-4H3,(H,16,18);1-4H2. The Bertz CT molecular complexity index is 2040. The van der Waals surface area contributed by atoms with Crippen molar-refractivity contribution in [3.8, 4) is 28.3 Å². The number of carbonyl (C=O) groups is 2. The van der Waals surface area contributed by atoms with Gasteiger partial charge in [-0.05, 0) is 92.2 Å². The Kier molecular flexibility index (Phi) is 16.8. The highest BCUT2D eigenvalue weighted by Crippen LogP contribution is 2.43. The summed E-state index contributed by atoms with van der Waals surface area (Å²) in [5, 5.41) is 12.6. The number of carbonyl (C=O) groups excluding carboxylic acids is 2. The van der Waals surface area contributed by atoms with Gasteiger partial charge < -0.3 is 25.0 Å². The molecule has 7 rings (SSSR count). The van der Waals surface area contributed by atoms with Crippen molar-refractivity contribution in [2.45, 2.75) is 117 Å². The Morgan fingerprint density at radius 2 is 1.80 bits per heavy atom. The number of hydrazone groups is 1. The molecule has 11 heteroatoms. The number of nitrogens with one attached hydrogen (secondary N) is 2. The van der Waals surface area contributed by atoms with Crippen molar-refractivity contribution in [1.82, 2.24) is 20.2 Å². The molecule has 1 saturated heterocycles. The number of methoxy groups -OCH3 is 2. The molecule has 3 heterocycles. The molecule has 2 aliphatic heterocycles. The average molecular weight is 840 g/mol. The zero-order valence-electron chi connectivity index (χ0n) is 37.3. The Labute approximate surface area is 363 Å². The number of halogens is 1. The van der Waals surface area contributed by atoms with Gasteiger partial charge in [0.2, 0.25) is 5.88 Å². The van der Waals surface area contributed by atoms with E-state index in [2.05, 4.69) is 56.1 Å². The number of allylic oxidation sites excluding steroid dienone is 1. The summed E-state index contributed by atoms with van der Waals surface area (Å²) in [6.07, 6.45) is 16.9. The van der Waals surface area contributed by atoms with E-state index >= 15 is 0 Å². The van der Waals surface area contributed by atoms with E-state index in [0.717, 1.165) is 72.5 Å². The third-order valence-electron chi connectivity index (χ3n) is 12.8. The van der Waals surface area contributed by atoms with Crippen LogP contribution in [-0.2, 0) is 16.0 Å². The van der Waals surface area contributed by atoms with Crippen LogP contribution in [-0.4, -0.2) is 79.5 Å². The van der Waals surface area contributed by atoms with Crippen LogP contribution >= 0.6 is 11.6 Å². The maximum absolute atomic E-state index is 13.0. The first kappa shape index (κ1) is 46.4. The first-order chi connectivity index (χ1) is 28.9. The summed E-state index contributed by atoms with van der Waals surface area (Å²) < 4.78 is 10.7. The number of benzene rings is 2. The fourth-order valence-corrected chi connectivity index (χ4v) is 8.24. The van der Waals surface area contributed by atoms with Crippen LogP contribution in [0.25, 0.3) is 22.4 Å². The van der Waals surface area contributed by atoms with Gasteiger partial charge in [-0.2, -0.15) is 5.10 Å².